The number of ketones is 1. The minimum atomic E-state index is -1.74. The van der Waals surface area contributed by atoms with Crippen LogP contribution in [-0.4, -0.2) is 53.6 Å². The topological polar surface area (TPSA) is 133 Å². The molecule has 11 heteroatoms. The summed E-state index contributed by atoms with van der Waals surface area (Å²) in [6, 6.07) is 18.6. The number of primary amides is 1. The van der Waals surface area contributed by atoms with Crippen molar-refractivity contribution in [1.82, 2.24) is 4.90 Å². The number of benzene rings is 3. The molecule has 2 bridgehead atoms. The van der Waals surface area contributed by atoms with Crippen LogP contribution >= 0.6 is 23.2 Å². The molecule has 3 aromatic carbocycles. The van der Waals surface area contributed by atoms with Crippen LogP contribution in [0.4, 0.5) is 0 Å². The number of carbonyl (C=O) groups is 5. The average Bonchev–Trinajstić information content (AvgIpc) is 3.28. The Hall–Kier alpha value is -4.21. The largest absolute Gasteiger partial charge is 0.497 e. The second-order valence-corrected chi connectivity index (χ2v) is 12.1. The summed E-state index contributed by atoms with van der Waals surface area (Å²) in [7, 11) is 1.48. The molecule has 220 valence electrons. The molecule has 3 aliphatic carbocycles. The SMILES string of the molecule is COc1ccc(C(=O)[C@H](C)OC(=O)[C@@H](CC(N)=O)N2C(=O)[C@@H]3[C@@H](C2=O)C2(Cl)c4ccccc4C3(Cl)c3ccccc32)cc1. The molecular weight excluding hydrogens is 595 g/mol. The van der Waals surface area contributed by atoms with E-state index in [9.17, 15) is 24.0 Å². The van der Waals surface area contributed by atoms with Crippen LogP contribution in [-0.2, 0) is 33.7 Å². The normalized spacial score (nSPS) is 26.2. The van der Waals surface area contributed by atoms with E-state index < -0.39 is 69.6 Å². The number of hydrogen-bond donors (Lipinski definition) is 1. The van der Waals surface area contributed by atoms with Gasteiger partial charge < -0.3 is 15.2 Å². The lowest BCUT2D eigenvalue weighted by Crippen LogP contribution is -2.57. The quantitative estimate of drug-likeness (QED) is 0.176. The molecule has 1 aliphatic heterocycles. The van der Waals surface area contributed by atoms with Crippen molar-refractivity contribution in [2.45, 2.75) is 35.2 Å². The molecule has 1 heterocycles. The molecule has 0 spiro atoms. The number of rotatable bonds is 8. The van der Waals surface area contributed by atoms with Crippen LogP contribution in [0.25, 0.3) is 0 Å². The maximum atomic E-state index is 14.3. The molecule has 0 saturated carbocycles. The molecule has 0 radical (unpaired) electrons. The number of carbonyl (C=O) groups excluding carboxylic acids is 5. The van der Waals surface area contributed by atoms with Gasteiger partial charge in [-0.1, -0.05) is 48.5 Å². The smallest absolute Gasteiger partial charge is 0.330 e. The summed E-state index contributed by atoms with van der Waals surface area (Å²) in [5.74, 6) is -6.04. The van der Waals surface area contributed by atoms with E-state index in [-0.39, 0.29) is 5.56 Å². The molecule has 43 heavy (non-hydrogen) atoms. The van der Waals surface area contributed by atoms with E-state index in [4.69, 9.17) is 38.4 Å². The van der Waals surface area contributed by atoms with Crippen LogP contribution in [0, 0.1) is 11.8 Å². The van der Waals surface area contributed by atoms with Gasteiger partial charge in [0.05, 0.1) is 25.4 Å². The lowest BCUT2D eigenvalue weighted by molar-refractivity contribution is -0.161. The molecular formula is C32H26Cl2N2O7. The van der Waals surface area contributed by atoms with Crippen molar-refractivity contribution in [1.29, 1.82) is 0 Å². The molecule has 3 aromatic rings. The number of ether oxygens (including phenoxy) is 2. The van der Waals surface area contributed by atoms with Crippen molar-refractivity contribution in [3.63, 3.8) is 0 Å². The number of methoxy groups -OCH3 is 1. The number of halogens is 2. The van der Waals surface area contributed by atoms with Gasteiger partial charge in [-0.3, -0.25) is 24.1 Å². The second kappa shape index (κ2) is 10.2. The zero-order valence-corrected chi connectivity index (χ0v) is 24.6. The molecule has 4 aliphatic rings. The summed E-state index contributed by atoms with van der Waals surface area (Å²) < 4.78 is 10.6. The van der Waals surface area contributed by atoms with Gasteiger partial charge in [0, 0.05) is 5.56 Å². The highest BCUT2D eigenvalue weighted by atomic mass is 35.5. The number of hydrogen-bond acceptors (Lipinski definition) is 7. The Morgan fingerprint density at radius 1 is 0.837 bits per heavy atom. The highest BCUT2D eigenvalue weighted by molar-refractivity contribution is 6.36. The van der Waals surface area contributed by atoms with Crippen LogP contribution in [0.2, 0.25) is 0 Å². The molecule has 7 rings (SSSR count). The zero-order valence-electron chi connectivity index (χ0n) is 23.1. The third-order valence-corrected chi connectivity index (χ3v) is 9.92. The van der Waals surface area contributed by atoms with Crippen molar-refractivity contribution < 1.29 is 33.4 Å². The molecule has 2 N–H and O–H groups in total. The van der Waals surface area contributed by atoms with Gasteiger partial charge in [0.1, 0.15) is 21.5 Å². The minimum absolute atomic E-state index is 0.243. The Kier molecular flexibility index (Phi) is 6.86. The molecule has 1 fully saturated rings. The number of nitrogens with zero attached hydrogens (tertiary/aromatic N) is 1. The van der Waals surface area contributed by atoms with Crippen molar-refractivity contribution in [2.75, 3.05) is 7.11 Å². The van der Waals surface area contributed by atoms with Crippen LogP contribution in [0.5, 0.6) is 5.75 Å². The summed E-state index contributed by atoms with van der Waals surface area (Å²) >= 11 is 14.9. The fourth-order valence-corrected chi connectivity index (χ4v) is 7.86. The van der Waals surface area contributed by atoms with Crippen molar-refractivity contribution in [2.24, 2.45) is 17.6 Å². The Morgan fingerprint density at radius 2 is 1.28 bits per heavy atom. The molecule has 1 saturated heterocycles. The first-order valence-electron chi connectivity index (χ1n) is 13.6. The number of amides is 3. The molecule has 4 atom stereocenters. The monoisotopic (exact) mass is 620 g/mol. The lowest BCUT2D eigenvalue weighted by Gasteiger charge is -2.54. The van der Waals surface area contributed by atoms with Crippen LogP contribution in [0.15, 0.2) is 72.8 Å². The number of alkyl halides is 2. The summed E-state index contributed by atoms with van der Waals surface area (Å²) in [5.41, 5.74) is 8.06. The highest BCUT2D eigenvalue weighted by Crippen LogP contribution is 2.69. The van der Waals surface area contributed by atoms with E-state index in [2.05, 4.69) is 0 Å². The Bertz CT molecular complexity index is 1580. The predicted octanol–water partition coefficient (Wildman–Crippen LogP) is 3.65. The van der Waals surface area contributed by atoms with E-state index in [0.29, 0.717) is 32.9 Å². The standard InChI is InChI=1S/C32H26Cl2N2O7/c1-16(27(38)17-11-13-18(42-2)14-12-17)43-30(41)23(15-24(35)37)36-28(39)25-26(29(36)40)32(34)20-8-4-3-7-19(20)31(25,33)21-9-5-6-10-22(21)32/h3-14,16,23,25-26H,15H2,1-2H3,(H2,35,37)/t16-,23+,25-,26-,31?,32?/m0/s1. The summed E-state index contributed by atoms with van der Waals surface area (Å²) in [6.07, 6.45) is -2.03. The van der Waals surface area contributed by atoms with Gasteiger partial charge in [-0.2, -0.15) is 0 Å². The van der Waals surface area contributed by atoms with E-state index in [1.165, 1.54) is 26.2 Å². The number of esters is 1. The lowest BCUT2D eigenvalue weighted by atomic mass is 9.54. The third-order valence-electron chi connectivity index (χ3n) is 8.63. The van der Waals surface area contributed by atoms with Gasteiger partial charge >= 0.3 is 5.97 Å². The first kappa shape index (κ1) is 28.9. The first-order valence-corrected chi connectivity index (χ1v) is 14.3. The molecule has 9 nitrogen and oxygen atoms in total. The van der Waals surface area contributed by atoms with E-state index >= 15 is 0 Å². The van der Waals surface area contributed by atoms with Crippen molar-refractivity contribution in [3.05, 3.63) is 101 Å². The number of nitrogens with two attached hydrogens (primary N) is 1. The fourth-order valence-electron chi connectivity index (χ4n) is 6.76. The van der Waals surface area contributed by atoms with Gasteiger partial charge in [-0.05, 0) is 53.4 Å². The van der Waals surface area contributed by atoms with Gasteiger partial charge in [0.2, 0.25) is 23.5 Å². The van der Waals surface area contributed by atoms with E-state index in [1.54, 1.807) is 60.7 Å². The third kappa shape index (κ3) is 4.02. The Balaban J connectivity index is 1.38. The van der Waals surface area contributed by atoms with E-state index in [1.807, 2.05) is 0 Å². The predicted molar refractivity (Wildman–Crippen MR) is 155 cm³/mol. The molecule has 3 amide bonds. The summed E-state index contributed by atoms with van der Waals surface area (Å²) in [5, 5.41) is 0. The Morgan fingerprint density at radius 3 is 1.67 bits per heavy atom. The summed E-state index contributed by atoms with van der Waals surface area (Å²) in [4.78, 5) is 65.0. The van der Waals surface area contributed by atoms with Gasteiger partial charge in [-0.25, -0.2) is 4.79 Å². The maximum Gasteiger partial charge on any atom is 0.330 e. The zero-order chi connectivity index (χ0) is 30.8. The number of Topliss-reactive ketones (excluding diaryl/α,β-unsaturated/α-hetero) is 1. The number of likely N-dealkylation sites (tertiary alicyclic amines) is 1. The fraction of sp³-hybridized carbons (Fsp3) is 0.281. The Labute approximate surface area is 256 Å². The maximum absolute atomic E-state index is 14.3. The van der Waals surface area contributed by atoms with Crippen LogP contribution in [0.3, 0.4) is 0 Å². The minimum Gasteiger partial charge on any atom is -0.497 e. The first-order chi connectivity index (χ1) is 20.5. The average molecular weight is 621 g/mol. The molecule has 0 aromatic heterocycles. The highest BCUT2D eigenvalue weighted by Gasteiger charge is 2.74. The van der Waals surface area contributed by atoms with Gasteiger partial charge in [0.25, 0.3) is 0 Å². The van der Waals surface area contributed by atoms with Gasteiger partial charge in [-0.15, -0.1) is 23.2 Å². The summed E-state index contributed by atoms with van der Waals surface area (Å²) in [6.45, 7) is 1.36. The number of imide groups is 1. The van der Waals surface area contributed by atoms with Gasteiger partial charge in [0.15, 0.2) is 6.10 Å². The van der Waals surface area contributed by atoms with Crippen LogP contribution in [0.1, 0.15) is 46.0 Å². The second-order valence-electron chi connectivity index (χ2n) is 10.9. The van der Waals surface area contributed by atoms with Crippen molar-refractivity contribution in [3.8, 4) is 5.75 Å². The molecule has 0 unspecified atom stereocenters. The van der Waals surface area contributed by atoms with E-state index in [0.717, 1.165) is 0 Å². The van der Waals surface area contributed by atoms with Crippen LogP contribution < -0.4 is 10.5 Å². The van der Waals surface area contributed by atoms with Crippen molar-refractivity contribution >= 4 is 52.7 Å².